The fourth-order valence-electron chi connectivity index (χ4n) is 5.41. The largest absolute Gasteiger partial charge is 0.380 e. The van der Waals surface area contributed by atoms with Crippen molar-refractivity contribution in [2.45, 2.75) is 44.8 Å². The number of nitrogens with zero attached hydrogens (tertiary/aromatic N) is 2. The molecule has 3 fully saturated rings. The van der Waals surface area contributed by atoms with E-state index >= 15 is 0 Å². The van der Waals surface area contributed by atoms with Gasteiger partial charge in [-0.1, -0.05) is 24.3 Å². The molecule has 2 aromatic carbocycles. The van der Waals surface area contributed by atoms with Gasteiger partial charge in [-0.3, -0.25) is 14.6 Å². The van der Waals surface area contributed by atoms with E-state index < -0.39 is 10.0 Å². The van der Waals surface area contributed by atoms with Crippen LogP contribution in [0.2, 0.25) is 0 Å². The second kappa shape index (κ2) is 8.37. The summed E-state index contributed by atoms with van der Waals surface area (Å²) in [5, 5.41) is 6.23. The van der Waals surface area contributed by atoms with Gasteiger partial charge in [0.05, 0.1) is 11.9 Å². The molecule has 168 valence electrons. The third kappa shape index (κ3) is 4.45. The van der Waals surface area contributed by atoms with Crippen LogP contribution in [0.4, 0.5) is 11.4 Å². The van der Waals surface area contributed by atoms with Gasteiger partial charge in [-0.05, 0) is 61.4 Å². The average molecular weight is 451 g/mol. The number of benzene rings is 2. The number of hydrogen-bond donors (Lipinski definition) is 2. The number of pyridine rings is 1. The summed E-state index contributed by atoms with van der Waals surface area (Å²) < 4.78 is 26.1. The zero-order chi connectivity index (χ0) is 22.3. The number of fused-ring (bicyclic) bond motifs is 4. The molecule has 1 saturated carbocycles. The second-order valence-electron chi connectivity index (χ2n) is 9.35. The molecule has 3 unspecified atom stereocenters. The number of hydrogen-bond acceptors (Lipinski definition) is 5. The fourth-order valence-corrected chi connectivity index (χ4v) is 6.03. The Kier molecular flexibility index (Phi) is 5.55. The van der Waals surface area contributed by atoms with Gasteiger partial charge in [-0.2, -0.15) is 0 Å². The van der Waals surface area contributed by atoms with Crippen molar-refractivity contribution >= 4 is 32.2 Å². The Balaban J connectivity index is 1.36. The molecule has 0 radical (unpaired) electrons. The first-order valence-corrected chi connectivity index (χ1v) is 13.2. The number of aryl methyl sites for hydroxylation is 1. The summed E-state index contributed by atoms with van der Waals surface area (Å²) in [6.45, 7) is 3.86. The minimum atomic E-state index is -3.30. The summed E-state index contributed by atoms with van der Waals surface area (Å²) in [5.41, 5.74) is 3.93. The maximum atomic E-state index is 11.7. The standard InChI is InChI=1S/C25H30N4O2S/c1-17-6-7-18(12-23(17)28-32(2,30)31)15-29-16-19-8-9-25(29)24(13-19)27-22-5-3-4-20-14-26-11-10-21(20)22/h3-7,10-12,14,19,24-25,27-28H,8-9,13,15-16H2,1-2H3. The minimum absolute atomic E-state index is 0.403. The van der Waals surface area contributed by atoms with Gasteiger partial charge in [0.15, 0.2) is 0 Å². The van der Waals surface area contributed by atoms with Crippen molar-refractivity contribution < 1.29 is 8.42 Å². The quantitative estimate of drug-likeness (QED) is 0.583. The van der Waals surface area contributed by atoms with Crippen molar-refractivity contribution in [2.75, 3.05) is 22.8 Å². The molecular formula is C25H30N4O2S. The van der Waals surface area contributed by atoms with Gasteiger partial charge in [-0.25, -0.2) is 8.42 Å². The molecule has 3 aromatic rings. The molecule has 1 aromatic heterocycles. The molecule has 0 amide bonds. The predicted octanol–water partition coefficient (Wildman–Crippen LogP) is 4.38. The van der Waals surface area contributed by atoms with Crippen LogP contribution in [0.25, 0.3) is 10.8 Å². The number of sulfonamides is 1. The van der Waals surface area contributed by atoms with Crippen LogP contribution in [0, 0.1) is 12.8 Å². The van der Waals surface area contributed by atoms with E-state index in [-0.39, 0.29) is 0 Å². The van der Waals surface area contributed by atoms with Crippen molar-refractivity contribution in [3.63, 3.8) is 0 Å². The Bertz CT molecular complexity index is 1240. The normalized spacial score (nSPS) is 23.4. The van der Waals surface area contributed by atoms with Gasteiger partial charge in [0.25, 0.3) is 0 Å². The van der Waals surface area contributed by atoms with E-state index in [1.807, 2.05) is 31.5 Å². The summed E-state index contributed by atoms with van der Waals surface area (Å²) in [6.07, 6.45) is 8.63. The lowest BCUT2D eigenvalue weighted by molar-refractivity contribution is 0.0324. The summed E-state index contributed by atoms with van der Waals surface area (Å²) in [7, 11) is -3.30. The number of nitrogens with one attached hydrogen (secondary N) is 2. The molecule has 3 aliphatic rings. The Morgan fingerprint density at radius 1 is 1.12 bits per heavy atom. The van der Waals surface area contributed by atoms with Crippen molar-refractivity contribution in [2.24, 2.45) is 5.92 Å². The molecule has 3 atom stereocenters. The number of rotatable bonds is 6. The van der Waals surface area contributed by atoms with Crippen molar-refractivity contribution in [1.82, 2.24) is 9.88 Å². The molecule has 2 bridgehead atoms. The third-order valence-electron chi connectivity index (χ3n) is 6.89. The second-order valence-corrected chi connectivity index (χ2v) is 11.1. The zero-order valence-corrected chi connectivity index (χ0v) is 19.4. The Hall–Kier alpha value is -2.64. The van der Waals surface area contributed by atoms with Gasteiger partial charge in [0, 0.05) is 54.0 Å². The van der Waals surface area contributed by atoms with E-state index in [0.717, 1.165) is 29.6 Å². The molecule has 3 heterocycles. The van der Waals surface area contributed by atoms with Crippen LogP contribution < -0.4 is 10.0 Å². The van der Waals surface area contributed by atoms with Gasteiger partial charge in [-0.15, -0.1) is 0 Å². The van der Waals surface area contributed by atoms with E-state index in [4.69, 9.17) is 0 Å². The molecule has 0 spiro atoms. The highest BCUT2D eigenvalue weighted by atomic mass is 32.2. The van der Waals surface area contributed by atoms with Gasteiger partial charge in [0.2, 0.25) is 10.0 Å². The Labute approximate surface area is 190 Å². The van der Waals surface area contributed by atoms with Crippen LogP contribution in [0.1, 0.15) is 30.4 Å². The minimum Gasteiger partial charge on any atom is -0.380 e. The van der Waals surface area contributed by atoms with E-state index in [1.54, 1.807) is 0 Å². The summed E-state index contributed by atoms with van der Waals surface area (Å²) >= 11 is 0. The Morgan fingerprint density at radius 3 is 2.81 bits per heavy atom. The molecule has 32 heavy (non-hydrogen) atoms. The first-order chi connectivity index (χ1) is 15.4. The fraction of sp³-hybridized carbons (Fsp3) is 0.400. The lowest BCUT2D eigenvalue weighted by Crippen LogP contribution is -2.57. The average Bonchev–Trinajstić information content (AvgIpc) is 2.76. The summed E-state index contributed by atoms with van der Waals surface area (Å²) in [6, 6.07) is 15.4. The van der Waals surface area contributed by atoms with E-state index in [9.17, 15) is 8.42 Å². The smallest absolute Gasteiger partial charge is 0.229 e. The van der Waals surface area contributed by atoms with Crippen molar-refractivity contribution in [3.8, 4) is 0 Å². The van der Waals surface area contributed by atoms with Crippen LogP contribution in [0.15, 0.2) is 54.9 Å². The topological polar surface area (TPSA) is 74.3 Å². The van der Waals surface area contributed by atoms with Crippen LogP contribution in [0.3, 0.4) is 0 Å². The van der Waals surface area contributed by atoms with Crippen LogP contribution >= 0.6 is 0 Å². The molecule has 2 N–H and O–H groups in total. The maximum absolute atomic E-state index is 11.7. The summed E-state index contributed by atoms with van der Waals surface area (Å²) in [5.74, 6) is 0.688. The van der Waals surface area contributed by atoms with E-state index in [1.165, 1.54) is 36.6 Å². The third-order valence-corrected chi connectivity index (χ3v) is 7.48. The highest BCUT2D eigenvalue weighted by molar-refractivity contribution is 7.92. The van der Waals surface area contributed by atoms with Crippen LogP contribution in [-0.4, -0.2) is 43.2 Å². The van der Waals surface area contributed by atoms with Gasteiger partial charge < -0.3 is 5.32 Å². The number of aromatic nitrogens is 1. The van der Waals surface area contributed by atoms with Crippen molar-refractivity contribution in [3.05, 3.63) is 66.0 Å². The molecule has 1 aliphatic carbocycles. The highest BCUT2D eigenvalue weighted by Crippen LogP contribution is 2.38. The van der Waals surface area contributed by atoms with Crippen LogP contribution in [0.5, 0.6) is 0 Å². The number of piperidine rings is 2. The molecular weight excluding hydrogens is 420 g/mol. The van der Waals surface area contributed by atoms with Gasteiger partial charge >= 0.3 is 0 Å². The van der Waals surface area contributed by atoms with Gasteiger partial charge in [0.1, 0.15) is 0 Å². The first kappa shape index (κ1) is 21.2. The molecule has 6 nitrogen and oxygen atoms in total. The zero-order valence-electron chi connectivity index (χ0n) is 18.6. The highest BCUT2D eigenvalue weighted by Gasteiger charge is 2.40. The SMILES string of the molecule is Cc1ccc(CN2CC3CCC2C(Nc2cccc4cnccc24)C3)cc1NS(C)(=O)=O. The first-order valence-electron chi connectivity index (χ1n) is 11.3. The lowest BCUT2D eigenvalue weighted by Gasteiger charge is -2.50. The van der Waals surface area contributed by atoms with Crippen molar-refractivity contribution in [1.29, 1.82) is 0 Å². The van der Waals surface area contributed by atoms with E-state index in [2.05, 4.69) is 50.3 Å². The monoisotopic (exact) mass is 450 g/mol. The molecule has 2 aliphatic heterocycles. The van der Waals surface area contributed by atoms with E-state index in [0.29, 0.717) is 23.7 Å². The lowest BCUT2D eigenvalue weighted by atomic mass is 9.76. The number of anilines is 2. The molecule has 6 rings (SSSR count). The summed E-state index contributed by atoms with van der Waals surface area (Å²) in [4.78, 5) is 6.83. The molecule has 2 saturated heterocycles. The Morgan fingerprint density at radius 2 is 2.00 bits per heavy atom. The van der Waals surface area contributed by atoms with Crippen LogP contribution in [-0.2, 0) is 16.6 Å². The maximum Gasteiger partial charge on any atom is 0.229 e. The molecule has 7 heteroatoms. The predicted molar refractivity (Wildman–Crippen MR) is 130 cm³/mol.